The Morgan fingerprint density at radius 2 is 2.00 bits per heavy atom. The summed E-state index contributed by atoms with van der Waals surface area (Å²) in [5.74, 6) is -0.0393. The molecule has 0 fully saturated rings. The fraction of sp³-hybridized carbons (Fsp3) is 0.167. The highest BCUT2D eigenvalue weighted by atomic mass is 35.5. The summed E-state index contributed by atoms with van der Waals surface area (Å²) in [4.78, 5) is 21.3. The third-order valence-corrected chi connectivity index (χ3v) is 4.94. The molecule has 7 heteroatoms. The van der Waals surface area contributed by atoms with Crippen molar-refractivity contribution < 1.29 is 9.18 Å². The normalized spacial score (nSPS) is 12.2. The van der Waals surface area contributed by atoms with Crippen LogP contribution in [0.2, 0.25) is 5.02 Å². The number of hydrogen-bond acceptors (Lipinski definition) is 4. The Labute approximate surface area is 153 Å². The van der Waals surface area contributed by atoms with Gasteiger partial charge >= 0.3 is 0 Å². The van der Waals surface area contributed by atoms with Gasteiger partial charge < -0.3 is 5.32 Å². The van der Waals surface area contributed by atoms with Gasteiger partial charge in [0.25, 0.3) is 0 Å². The first kappa shape index (κ1) is 17.6. The van der Waals surface area contributed by atoms with Crippen LogP contribution in [0.25, 0.3) is 10.9 Å². The molecule has 0 aliphatic carbocycles. The van der Waals surface area contributed by atoms with E-state index in [2.05, 4.69) is 15.3 Å². The number of carbonyl (C=O) groups excluding carboxylic acids is 1. The monoisotopic (exact) mass is 375 g/mol. The van der Waals surface area contributed by atoms with Gasteiger partial charge in [0, 0.05) is 5.39 Å². The van der Waals surface area contributed by atoms with Gasteiger partial charge in [-0.2, -0.15) is 0 Å². The molecule has 0 bridgehead atoms. The van der Waals surface area contributed by atoms with E-state index in [0.29, 0.717) is 11.5 Å². The molecule has 0 radical (unpaired) electrons. The number of thioether (sulfide) groups is 1. The number of rotatable bonds is 4. The molecule has 1 aromatic heterocycles. The fourth-order valence-electron chi connectivity index (χ4n) is 2.29. The highest BCUT2D eigenvalue weighted by molar-refractivity contribution is 8.00. The number of nitrogens with one attached hydrogen (secondary N) is 1. The number of para-hydroxylation sites is 1. The van der Waals surface area contributed by atoms with Gasteiger partial charge in [0.1, 0.15) is 16.7 Å². The molecule has 0 saturated heterocycles. The second-order valence-corrected chi connectivity index (χ2v) is 7.20. The predicted octanol–water partition coefficient (Wildman–Crippen LogP) is 4.85. The van der Waals surface area contributed by atoms with Crippen molar-refractivity contribution in [2.45, 2.75) is 24.1 Å². The van der Waals surface area contributed by atoms with Crippen molar-refractivity contribution >= 4 is 45.9 Å². The molecule has 3 aromatic rings. The van der Waals surface area contributed by atoms with Crippen molar-refractivity contribution in [2.75, 3.05) is 5.32 Å². The van der Waals surface area contributed by atoms with Crippen LogP contribution >= 0.6 is 23.4 Å². The maximum absolute atomic E-state index is 13.1. The van der Waals surface area contributed by atoms with Crippen LogP contribution in [0, 0.1) is 12.7 Å². The molecular formula is C18H15ClFN3OS. The van der Waals surface area contributed by atoms with Crippen molar-refractivity contribution in [1.82, 2.24) is 9.97 Å². The molecule has 1 heterocycles. The average Bonchev–Trinajstić information content (AvgIpc) is 2.57. The zero-order chi connectivity index (χ0) is 18.0. The molecule has 0 unspecified atom stereocenters. The van der Waals surface area contributed by atoms with Crippen molar-refractivity contribution in [3.05, 3.63) is 59.1 Å². The van der Waals surface area contributed by atoms with Crippen molar-refractivity contribution in [1.29, 1.82) is 0 Å². The second kappa shape index (κ2) is 7.37. The quantitative estimate of drug-likeness (QED) is 0.523. The van der Waals surface area contributed by atoms with Gasteiger partial charge in [-0.25, -0.2) is 14.4 Å². The minimum atomic E-state index is -0.451. The minimum absolute atomic E-state index is 0.161. The lowest BCUT2D eigenvalue weighted by atomic mass is 10.2. The summed E-state index contributed by atoms with van der Waals surface area (Å²) in [5.41, 5.74) is 1.22. The van der Waals surface area contributed by atoms with Crippen molar-refractivity contribution in [2.24, 2.45) is 0 Å². The first-order chi connectivity index (χ1) is 11.9. The highest BCUT2D eigenvalue weighted by Gasteiger charge is 2.18. The maximum Gasteiger partial charge on any atom is 0.237 e. The van der Waals surface area contributed by atoms with Gasteiger partial charge in [0.05, 0.1) is 21.5 Å². The summed E-state index contributed by atoms with van der Waals surface area (Å²) in [6.07, 6.45) is 0. The topological polar surface area (TPSA) is 54.9 Å². The number of nitrogens with zero attached hydrogens (tertiary/aromatic N) is 2. The van der Waals surface area contributed by atoms with E-state index in [1.165, 1.54) is 23.9 Å². The van der Waals surface area contributed by atoms with Crippen LogP contribution < -0.4 is 5.32 Å². The molecule has 0 aliphatic heterocycles. The van der Waals surface area contributed by atoms with Gasteiger partial charge in [-0.3, -0.25) is 4.79 Å². The van der Waals surface area contributed by atoms with E-state index in [1.54, 1.807) is 6.92 Å². The Hall–Kier alpha value is -2.18. The van der Waals surface area contributed by atoms with Crippen LogP contribution in [0.1, 0.15) is 12.7 Å². The van der Waals surface area contributed by atoms with E-state index in [9.17, 15) is 9.18 Å². The van der Waals surface area contributed by atoms with Crippen LogP contribution in [0.5, 0.6) is 0 Å². The molecule has 128 valence electrons. The Morgan fingerprint density at radius 3 is 2.76 bits per heavy atom. The first-order valence-corrected chi connectivity index (χ1v) is 8.86. The average molecular weight is 376 g/mol. The number of fused-ring (bicyclic) bond motifs is 1. The van der Waals surface area contributed by atoms with E-state index in [-0.39, 0.29) is 10.9 Å². The molecule has 1 amide bonds. The molecule has 1 atom stereocenters. The minimum Gasteiger partial charge on any atom is -0.324 e. The number of aryl methyl sites for hydroxylation is 1. The zero-order valence-corrected chi connectivity index (χ0v) is 15.2. The number of hydrogen-bond donors (Lipinski definition) is 1. The summed E-state index contributed by atoms with van der Waals surface area (Å²) >= 11 is 7.30. The lowest BCUT2D eigenvalue weighted by Crippen LogP contribution is -2.22. The van der Waals surface area contributed by atoms with Crippen LogP contribution in [0.15, 0.2) is 47.5 Å². The molecule has 3 rings (SSSR count). The molecule has 0 saturated carbocycles. The van der Waals surface area contributed by atoms with Gasteiger partial charge in [-0.15, -0.1) is 0 Å². The van der Waals surface area contributed by atoms with Crippen LogP contribution in [0.3, 0.4) is 0 Å². The Balaban J connectivity index is 1.80. The summed E-state index contributed by atoms with van der Waals surface area (Å²) < 4.78 is 13.1. The third kappa shape index (κ3) is 4.08. The van der Waals surface area contributed by atoms with E-state index >= 15 is 0 Å². The number of anilines is 1. The van der Waals surface area contributed by atoms with Gasteiger partial charge in [-0.05, 0) is 38.1 Å². The summed E-state index contributed by atoms with van der Waals surface area (Å²) in [6.45, 7) is 3.60. The number of aromatic nitrogens is 2. The number of halogens is 2. The van der Waals surface area contributed by atoms with E-state index in [4.69, 9.17) is 11.6 Å². The van der Waals surface area contributed by atoms with Crippen LogP contribution in [-0.4, -0.2) is 21.1 Å². The van der Waals surface area contributed by atoms with Gasteiger partial charge in [-0.1, -0.05) is 41.6 Å². The molecule has 0 aliphatic rings. The first-order valence-electron chi connectivity index (χ1n) is 7.60. The van der Waals surface area contributed by atoms with Crippen molar-refractivity contribution in [3.63, 3.8) is 0 Å². The van der Waals surface area contributed by atoms with Crippen LogP contribution in [0.4, 0.5) is 10.1 Å². The third-order valence-electron chi connectivity index (χ3n) is 3.53. The Bertz CT molecular complexity index is 951. The zero-order valence-electron chi connectivity index (χ0n) is 13.6. The van der Waals surface area contributed by atoms with Crippen LogP contribution in [-0.2, 0) is 4.79 Å². The van der Waals surface area contributed by atoms with E-state index < -0.39 is 11.1 Å². The standard InChI is InChI=1S/C18H15ClFN3OS/c1-10(17(24)23-16-8-7-12(20)9-14(16)19)25-18-13-5-3-4-6-15(13)21-11(2)22-18/h3-10H,1-2H3,(H,23,24)/t10-/m0/s1. The van der Waals surface area contributed by atoms with Gasteiger partial charge in [0.2, 0.25) is 5.91 Å². The number of benzene rings is 2. The lowest BCUT2D eigenvalue weighted by Gasteiger charge is -2.14. The fourth-order valence-corrected chi connectivity index (χ4v) is 3.49. The molecule has 1 N–H and O–H groups in total. The Kier molecular flexibility index (Phi) is 5.20. The summed E-state index contributed by atoms with van der Waals surface area (Å²) in [7, 11) is 0. The lowest BCUT2D eigenvalue weighted by molar-refractivity contribution is -0.115. The Morgan fingerprint density at radius 1 is 1.24 bits per heavy atom. The second-order valence-electron chi connectivity index (χ2n) is 5.47. The smallest absolute Gasteiger partial charge is 0.237 e. The number of amides is 1. The molecule has 4 nitrogen and oxygen atoms in total. The van der Waals surface area contributed by atoms with Crippen molar-refractivity contribution in [3.8, 4) is 0 Å². The molecular weight excluding hydrogens is 361 g/mol. The van der Waals surface area contributed by atoms with Gasteiger partial charge in [0.15, 0.2) is 0 Å². The summed E-state index contributed by atoms with van der Waals surface area (Å²) in [5, 5.41) is 4.11. The maximum atomic E-state index is 13.1. The predicted molar refractivity (Wildman–Crippen MR) is 99.6 cm³/mol. The van der Waals surface area contributed by atoms with E-state index in [0.717, 1.165) is 22.0 Å². The largest absolute Gasteiger partial charge is 0.324 e. The highest BCUT2D eigenvalue weighted by Crippen LogP contribution is 2.30. The number of carbonyl (C=O) groups is 1. The SMILES string of the molecule is Cc1nc(S[C@@H](C)C(=O)Nc2ccc(F)cc2Cl)c2ccccc2n1. The van der Waals surface area contributed by atoms with E-state index in [1.807, 2.05) is 31.2 Å². The molecule has 0 spiro atoms. The molecule has 2 aromatic carbocycles. The summed E-state index contributed by atoms with van der Waals surface area (Å²) in [6, 6.07) is 11.5. The molecule has 25 heavy (non-hydrogen) atoms.